The number of carbonyl (C=O) groups excluding carboxylic acids is 2. The Hall–Kier alpha value is -2.40. The van der Waals surface area contributed by atoms with Crippen molar-refractivity contribution < 1.29 is 14.8 Å². The normalized spacial score (nSPS) is 13.7. The van der Waals surface area contributed by atoms with Crippen LogP contribution in [0.15, 0.2) is 59.9 Å². The van der Waals surface area contributed by atoms with Gasteiger partial charge in [-0.3, -0.25) is 14.8 Å². The van der Waals surface area contributed by atoms with Gasteiger partial charge in [0.25, 0.3) is 0 Å². The maximum absolute atomic E-state index is 12.2. The highest BCUT2D eigenvalue weighted by atomic mass is 16.5. The molecule has 2 amide bonds. The van der Waals surface area contributed by atoms with E-state index in [1.165, 1.54) is 0 Å². The van der Waals surface area contributed by atoms with Crippen molar-refractivity contribution in [3.63, 3.8) is 0 Å². The zero-order chi connectivity index (χ0) is 22.5. The second kappa shape index (κ2) is 13.7. The molecule has 0 aliphatic rings. The zero-order valence-electron chi connectivity index (χ0n) is 18.8. The fraction of sp³-hybridized carbons (Fsp3) is 0.478. The first-order valence-corrected chi connectivity index (χ1v) is 9.58. The van der Waals surface area contributed by atoms with Crippen molar-refractivity contribution in [3.05, 3.63) is 59.9 Å². The first-order chi connectivity index (χ1) is 13.0. The molecule has 28 heavy (non-hydrogen) atoms. The molecule has 5 nitrogen and oxygen atoms in total. The summed E-state index contributed by atoms with van der Waals surface area (Å²) in [6.45, 7) is 22.9. The second-order valence-corrected chi connectivity index (χ2v) is 7.35. The van der Waals surface area contributed by atoms with Crippen LogP contribution in [-0.4, -0.2) is 17.0 Å². The molecule has 0 saturated carbocycles. The first-order valence-electron chi connectivity index (χ1n) is 9.58. The summed E-state index contributed by atoms with van der Waals surface area (Å²) < 4.78 is 0. The van der Waals surface area contributed by atoms with Gasteiger partial charge >= 0.3 is 0 Å². The fourth-order valence-electron chi connectivity index (χ4n) is 2.12. The molecule has 1 atom stereocenters. The first kappa shape index (κ1) is 27.8. The van der Waals surface area contributed by atoms with Crippen molar-refractivity contribution in [2.24, 2.45) is 11.3 Å². The van der Waals surface area contributed by atoms with E-state index in [1.54, 1.807) is 18.5 Å². The van der Waals surface area contributed by atoms with Crippen LogP contribution in [0, 0.1) is 11.3 Å². The minimum absolute atomic E-state index is 0.0970. The van der Waals surface area contributed by atoms with Crippen LogP contribution in [0.4, 0.5) is 0 Å². The minimum Gasteiger partial charge on any atom is -0.326 e. The Kier molecular flexibility index (Phi) is 13.6. The zero-order valence-corrected chi connectivity index (χ0v) is 18.8. The molecule has 3 N–H and O–H groups in total. The number of amides is 2. The van der Waals surface area contributed by atoms with Crippen molar-refractivity contribution in [3.8, 4) is 0 Å². The van der Waals surface area contributed by atoms with Gasteiger partial charge in [-0.25, -0.2) is 5.48 Å². The quantitative estimate of drug-likeness (QED) is 0.302. The molecule has 158 valence electrons. The van der Waals surface area contributed by atoms with Crippen LogP contribution in [0.5, 0.6) is 0 Å². The van der Waals surface area contributed by atoms with E-state index in [4.69, 9.17) is 5.21 Å². The third-order valence-corrected chi connectivity index (χ3v) is 3.76. The van der Waals surface area contributed by atoms with Crippen LogP contribution in [-0.2, 0) is 9.59 Å². The molecule has 0 fully saturated rings. The van der Waals surface area contributed by atoms with Gasteiger partial charge in [-0.15, -0.1) is 0 Å². The van der Waals surface area contributed by atoms with Crippen molar-refractivity contribution in [1.29, 1.82) is 0 Å². The van der Waals surface area contributed by atoms with E-state index in [0.717, 1.165) is 16.7 Å². The highest BCUT2D eigenvalue weighted by molar-refractivity contribution is 5.83. The molecule has 0 aromatic heterocycles. The van der Waals surface area contributed by atoms with Gasteiger partial charge in [0.1, 0.15) is 0 Å². The Morgan fingerprint density at radius 3 is 2.11 bits per heavy atom. The molecule has 1 unspecified atom stereocenters. The Morgan fingerprint density at radius 1 is 1.18 bits per heavy atom. The van der Waals surface area contributed by atoms with Gasteiger partial charge in [-0.1, -0.05) is 72.4 Å². The van der Waals surface area contributed by atoms with Crippen molar-refractivity contribution in [2.45, 2.75) is 61.8 Å². The summed E-state index contributed by atoms with van der Waals surface area (Å²) in [4.78, 5) is 23.6. The SMILES string of the molecule is C=C/C(=C\C(=C/C)C(=C)/C=C(\C)CC(C)C(=O)NO)NC(=O)C(C)(C)C.CC. The minimum atomic E-state index is -0.505. The van der Waals surface area contributed by atoms with E-state index in [-0.39, 0.29) is 11.8 Å². The van der Waals surface area contributed by atoms with Crippen LogP contribution in [0.1, 0.15) is 61.8 Å². The molecule has 0 saturated heterocycles. The average Bonchev–Trinajstić information content (AvgIpc) is 2.64. The predicted octanol–water partition coefficient (Wildman–Crippen LogP) is 5.23. The molecule has 0 spiro atoms. The third-order valence-electron chi connectivity index (χ3n) is 3.76. The summed E-state index contributed by atoms with van der Waals surface area (Å²) in [6.07, 6.45) is 7.68. The molecule has 0 aromatic carbocycles. The fourth-order valence-corrected chi connectivity index (χ4v) is 2.12. The summed E-state index contributed by atoms with van der Waals surface area (Å²) in [5, 5.41) is 11.5. The molecule has 0 rings (SSSR count). The monoisotopic (exact) mass is 390 g/mol. The third kappa shape index (κ3) is 10.7. The summed E-state index contributed by atoms with van der Waals surface area (Å²) >= 11 is 0. The van der Waals surface area contributed by atoms with Crippen LogP contribution < -0.4 is 10.8 Å². The largest absolute Gasteiger partial charge is 0.326 e. The maximum Gasteiger partial charge on any atom is 0.246 e. The summed E-state index contributed by atoms with van der Waals surface area (Å²) in [5.74, 6) is -0.864. The molecular weight excluding hydrogens is 352 g/mol. The highest BCUT2D eigenvalue weighted by Gasteiger charge is 2.21. The number of rotatable bonds is 8. The summed E-state index contributed by atoms with van der Waals surface area (Å²) in [6, 6.07) is 0. The van der Waals surface area contributed by atoms with Gasteiger partial charge in [0.15, 0.2) is 0 Å². The van der Waals surface area contributed by atoms with E-state index in [2.05, 4.69) is 18.5 Å². The van der Waals surface area contributed by atoms with Gasteiger partial charge in [-0.2, -0.15) is 0 Å². The number of carbonyl (C=O) groups is 2. The number of allylic oxidation sites excluding steroid dienone is 7. The Balaban J connectivity index is 0. The van der Waals surface area contributed by atoms with Crippen LogP contribution in [0.3, 0.4) is 0 Å². The molecule has 0 aliphatic carbocycles. The average molecular weight is 391 g/mol. The van der Waals surface area contributed by atoms with Crippen molar-refractivity contribution >= 4 is 11.8 Å². The molecule has 0 bridgehead atoms. The van der Waals surface area contributed by atoms with E-state index in [1.807, 2.05) is 66.7 Å². The topological polar surface area (TPSA) is 78.4 Å². The number of hydrogen-bond donors (Lipinski definition) is 3. The molecule has 0 heterocycles. The lowest BCUT2D eigenvalue weighted by atomic mass is 9.95. The van der Waals surface area contributed by atoms with Gasteiger partial charge in [0.2, 0.25) is 11.8 Å². The Bertz CT molecular complexity index is 647. The molecule has 0 aliphatic heterocycles. The van der Waals surface area contributed by atoms with Gasteiger partial charge in [-0.05, 0) is 43.6 Å². The van der Waals surface area contributed by atoms with Crippen LogP contribution >= 0.6 is 0 Å². The summed E-state index contributed by atoms with van der Waals surface area (Å²) in [5.41, 5.74) is 4.30. The lowest BCUT2D eigenvalue weighted by molar-refractivity contribution is -0.132. The standard InChI is InChI=1S/C21H32N2O3.C2H6/c1-9-17(13-18(10-2)22-20(25)21(6,7)8)15(4)11-14(3)12-16(5)19(24)23-26;1-2/h9-11,13,16,26H,2,4,12H2,1,3,5-8H3,(H,22,25)(H,23,24);1-2H3/b14-11+,17-9+,18-13+;. The van der Waals surface area contributed by atoms with Crippen LogP contribution in [0.2, 0.25) is 0 Å². The number of hydrogen-bond acceptors (Lipinski definition) is 3. The van der Waals surface area contributed by atoms with Gasteiger partial charge in [0, 0.05) is 17.0 Å². The number of nitrogens with one attached hydrogen (secondary N) is 2. The Morgan fingerprint density at radius 2 is 1.71 bits per heavy atom. The Labute approximate surface area is 170 Å². The van der Waals surface area contributed by atoms with E-state index < -0.39 is 11.3 Å². The van der Waals surface area contributed by atoms with Crippen LogP contribution in [0.25, 0.3) is 0 Å². The molecular formula is C23H38N2O3. The molecule has 0 radical (unpaired) electrons. The van der Waals surface area contributed by atoms with Gasteiger partial charge in [0.05, 0.1) is 0 Å². The molecule has 5 heteroatoms. The van der Waals surface area contributed by atoms with E-state index in [0.29, 0.717) is 12.1 Å². The lowest BCUT2D eigenvalue weighted by Gasteiger charge is -2.18. The van der Waals surface area contributed by atoms with Gasteiger partial charge < -0.3 is 5.32 Å². The summed E-state index contributed by atoms with van der Waals surface area (Å²) in [7, 11) is 0. The lowest BCUT2D eigenvalue weighted by Crippen LogP contribution is -2.33. The predicted molar refractivity (Wildman–Crippen MR) is 118 cm³/mol. The molecule has 0 aromatic rings. The number of hydroxylamine groups is 1. The van der Waals surface area contributed by atoms with E-state index in [9.17, 15) is 9.59 Å². The smallest absolute Gasteiger partial charge is 0.246 e. The van der Waals surface area contributed by atoms with Crippen molar-refractivity contribution in [1.82, 2.24) is 10.8 Å². The maximum atomic E-state index is 12.2. The van der Waals surface area contributed by atoms with E-state index >= 15 is 0 Å². The second-order valence-electron chi connectivity index (χ2n) is 7.35. The highest BCUT2D eigenvalue weighted by Crippen LogP contribution is 2.19. The van der Waals surface area contributed by atoms with Crippen molar-refractivity contribution in [2.75, 3.05) is 0 Å².